The SMILES string of the molecule is Cc1c(CNC(=O)C(C)CCCN)cnn1C. The number of hydrogen-bond acceptors (Lipinski definition) is 3. The molecule has 0 saturated heterocycles. The molecule has 0 aliphatic heterocycles. The molecule has 5 nitrogen and oxygen atoms in total. The van der Waals surface area contributed by atoms with Crippen LogP contribution in [0.5, 0.6) is 0 Å². The van der Waals surface area contributed by atoms with Gasteiger partial charge in [-0.05, 0) is 26.3 Å². The van der Waals surface area contributed by atoms with Crippen LogP contribution in [-0.2, 0) is 18.4 Å². The molecule has 1 aromatic rings. The minimum atomic E-state index is 0.0236. The molecule has 3 N–H and O–H groups in total. The molecule has 0 spiro atoms. The summed E-state index contributed by atoms with van der Waals surface area (Å²) in [7, 11) is 1.89. The molecule has 1 heterocycles. The Morgan fingerprint density at radius 1 is 1.65 bits per heavy atom. The van der Waals surface area contributed by atoms with Crippen LogP contribution in [0.3, 0.4) is 0 Å². The average Bonchev–Trinajstić information content (AvgIpc) is 2.64. The standard InChI is InChI=1S/C12H22N4O/c1-9(5-4-6-13)12(17)14-7-11-8-15-16(3)10(11)2/h8-9H,4-7,13H2,1-3H3,(H,14,17). The van der Waals surface area contributed by atoms with Crippen LogP contribution in [-0.4, -0.2) is 22.2 Å². The quantitative estimate of drug-likeness (QED) is 0.767. The van der Waals surface area contributed by atoms with Gasteiger partial charge in [0.15, 0.2) is 0 Å². The number of nitrogens with one attached hydrogen (secondary N) is 1. The van der Waals surface area contributed by atoms with Crippen LogP contribution in [0.15, 0.2) is 6.20 Å². The van der Waals surface area contributed by atoms with E-state index in [-0.39, 0.29) is 11.8 Å². The lowest BCUT2D eigenvalue weighted by Crippen LogP contribution is -2.29. The Morgan fingerprint density at radius 3 is 2.88 bits per heavy atom. The lowest BCUT2D eigenvalue weighted by molar-refractivity contribution is -0.124. The molecule has 1 rings (SSSR count). The number of carbonyl (C=O) groups is 1. The number of amides is 1. The maximum absolute atomic E-state index is 11.8. The largest absolute Gasteiger partial charge is 0.352 e. The Hall–Kier alpha value is -1.36. The zero-order chi connectivity index (χ0) is 12.8. The maximum atomic E-state index is 11.8. The highest BCUT2D eigenvalue weighted by molar-refractivity contribution is 5.78. The molecular formula is C12H22N4O. The third-order valence-electron chi connectivity index (χ3n) is 3.08. The summed E-state index contributed by atoms with van der Waals surface area (Å²) in [5, 5.41) is 7.07. The molecule has 1 amide bonds. The summed E-state index contributed by atoms with van der Waals surface area (Å²) < 4.78 is 1.80. The maximum Gasteiger partial charge on any atom is 0.223 e. The molecule has 0 saturated carbocycles. The van der Waals surface area contributed by atoms with Crippen LogP contribution >= 0.6 is 0 Å². The second-order valence-electron chi connectivity index (χ2n) is 4.43. The topological polar surface area (TPSA) is 72.9 Å². The van der Waals surface area contributed by atoms with Crippen molar-refractivity contribution in [2.75, 3.05) is 6.54 Å². The highest BCUT2D eigenvalue weighted by atomic mass is 16.1. The second kappa shape index (κ2) is 6.39. The molecule has 5 heteroatoms. The van der Waals surface area contributed by atoms with Gasteiger partial charge in [0.2, 0.25) is 5.91 Å². The van der Waals surface area contributed by atoms with Gasteiger partial charge >= 0.3 is 0 Å². The zero-order valence-corrected chi connectivity index (χ0v) is 10.9. The Labute approximate surface area is 102 Å². The van der Waals surface area contributed by atoms with Gasteiger partial charge in [0.25, 0.3) is 0 Å². The minimum Gasteiger partial charge on any atom is -0.352 e. The summed E-state index contributed by atoms with van der Waals surface area (Å²) in [6.07, 6.45) is 3.52. The number of nitrogens with zero attached hydrogens (tertiary/aromatic N) is 2. The van der Waals surface area contributed by atoms with E-state index in [0.29, 0.717) is 13.1 Å². The van der Waals surface area contributed by atoms with Crippen molar-refractivity contribution in [3.8, 4) is 0 Å². The van der Waals surface area contributed by atoms with Gasteiger partial charge in [-0.15, -0.1) is 0 Å². The van der Waals surface area contributed by atoms with Gasteiger partial charge < -0.3 is 11.1 Å². The van der Waals surface area contributed by atoms with Crippen molar-refractivity contribution in [3.63, 3.8) is 0 Å². The molecule has 1 aromatic heterocycles. The van der Waals surface area contributed by atoms with Crippen molar-refractivity contribution in [1.29, 1.82) is 0 Å². The first-order valence-corrected chi connectivity index (χ1v) is 6.01. The number of aromatic nitrogens is 2. The molecule has 0 bridgehead atoms. The van der Waals surface area contributed by atoms with E-state index in [9.17, 15) is 4.79 Å². The highest BCUT2D eigenvalue weighted by Gasteiger charge is 2.12. The molecule has 1 atom stereocenters. The average molecular weight is 238 g/mol. The number of carbonyl (C=O) groups excluding carboxylic acids is 1. The lowest BCUT2D eigenvalue weighted by Gasteiger charge is -2.11. The predicted molar refractivity (Wildman–Crippen MR) is 67.2 cm³/mol. The van der Waals surface area contributed by atoms with E-state index in [1.807, 2.05) is 20.9 Å². The normalized spacial score (nSPS) is 12.5. The van der Waals surface area contributed by atoms with Crippen LogP contribution in [0.1, 0.15) is 31.0 Å². The predicted octanol–water partition coefficient (Wildman–Crippen LogP) is 0.720. The summed E-state index contributed by atoms with van der Waals surface area (Å²) in [4.78, 5) is 11.8. The lowest BCUT2D eigenvalue weighted by atomic mass is 10.0. The first-order chi connectivity index (χ1) is 8.06. The molecule has 1 unspecified atom stereocenters. The Bertz CT molecular complexity index is 373. The van der Waals surface area contributed by atoms with E-state index in [4.69, 9.17) is 5.73 Å². The minimum absolute atomic E-state index is 0.0236. The van der Waals surface area contributed by atoms with E-state index in [2.05, 4.69) is 10.4 Å². The first-order valence-electron chi connectivity index (χ1n) is 6.01. The third-order valence-corrected chi connectivity index (χ3v) is 3.08. The van der Waals surface area contributed by atoms with E-state index >= 15 is 0 Å². The molecule has 0 aliphatic carbocycles. The van der Waals surface area contributed by atoms with Crippen LogP contribution in [0.4, 0.5) is 0 Å². The zero-order valence-electron chi connectivity index (χ0n) is 10.9. The fourth-order valence-electron chi connectivity index (χ4n) is 1.63. The Kier molecular flexibility index (Phi) is 5.15. The van der Waals surface area contributed by atoms with Crippen molar-refractivity contribution >= 4 is 5.91 Å². The third kappa shape index (κ3) is 3.85. The van der Waals surface area contributed by atoms with Gasteiger partial charge in [0.1, 0.15) is 0 Å². The first kappa shape index (κ1) is 13.7. The van der Waals surface area contributed by atoms with E-state index in [1.54, 1.807) is 10.9 Å². The molecule has 17 heavy (non-hydrogen) atoms. The van der Waals surface area contributed by atoms with Crippen LogP contribution in [0.2, 0.25) is 0 Å². The second-order valence-corrected chi connectivity index (χ2v) is 4.43. The number of rotatable bonds is 6. The number of hydrogen-bond donors (Lipinski definition) is 2. The van der Waals surface area contributed by atoms with E-state index < -0.39 is 0 Å². The Balaban J connectivity index is 2.40. The summed E-state index contributed by atoms with van der Waals surface area (Å²) in [5.41, 5.74) is 7.57. The van der Waals surface area contributed by atoms with Crippen molar-refractivity contribution in [2.45, 2.75) is 33.2 Å². The summed E-state index contributed by atoms with van der Waals surface area (Å²) >= 11 is 0. The fourth-order valence-corrected chi connectivity index (χ4v) is 1.63. The van der Waals surface area contributed by atoms with Crippen molar-refractivity contribution < 1.29 is 4.79 Å². The number of aryl methyl sites for hydroxylation is 1. The fraction of sp³-hybridized carbons (Fsp3) is 0.667. The van der Waals surface area contributed by atoms with Gasteiger partial charge in [-0.1, -0.05) is 6.92 Å². The molecule has 0 aromatic carbocycles. The van der Waals surface area contributed by atoms with Crippen molar-refractivity contribution in [2.24, 2.45) is 18.7 Å². The van der Waals surface area contributed by atoms with Gasteiger partial charge in [0, 0.05) is 30.8 Å². The molecule has 0 fully saturated rings. The highest BCUT2D eigenvalue weighted by Crippen LogP contribution is 2.07. The van der Waals surface area contributed by atoms with E-state index in [0.717, 1.165) is 24.1 Å². The summed E-state index contributed by atoms with van der Waals surface area (Å²) in [5.74, 6) is 0.109. The molecule has 0 radical (unpaired) electrons. The molecule has 96 valence electrons. The summed E-state index contributed by atoms with van der Waals surface area (Å²) in [6, 6.07) is 0. The van der Waals surface area contributed by atoms with Gasteiger partial charge in [-0.2, -0.15) is 5.10 Å². The smallest absolute Gasteiger partial charge is 0.223 e. The van der Waals surface area contributed by atoms with Crippen LogP contribution in [0.25, 0.3) is 0 Å². The Morgan fingerprint density at radius 2 is 2.35 bits per heavy atom. The van der Waals surface area contributed by atoms with Gasteiger partial charge in [-0.25, -0.2) is 0 Å². The van der Waals surface area contributed by atoms with E-state index in [1.165, 1.54) is 0 Å². The molecule has 0 aliphatic rings. The number of nitrogens with two attached hydrogens (primary N) is 1. The van der Waals surface area contributed by atoms with Crippen molar-refractivity contribution in [1.82, 2.24) is 15.1 Å². The van der Waals surface area contributed by atoms with Crippen molar-refractivity contribution in [3.05, 3.63) is 17.5 Å². The molecular weight excluding hydrogens is 216 g/mol. The summed E-state index contributed by atoms with van der Waals surface area (Å²) in [6.45, 7) is 5.11. The van der Waals surface area contributed by atoms with Gasteiger partial charge in [0.05, 0.1) is 6.20 Å². The van der Waals surface area contributed by atoms with Crippen LogP contribution < -0.4 is 11.1 Å². The van der Waals surface area contributed by atoms with Gasteiger partial charge in [-0.3, -0.25) is 9.48 Å². The monoisotopic (exact) mass is 238 g/mol. The van der Waals surface area contributed by atoms with Crippen LogP contribution in [0, 0.1) is 12.8 Å².